The molecular formula is C20H30N4O3. The zero-order valence-corrected chi connectivity index (χ0v) is 17.1. The third-order valence-corrected chi connectivity index (χ3v) is 4.73. The molecule has 1 N–H and O–H groups in total. The number of amides is 1. The summed E-state index contributed by atoms with van der Waals surface area (Å²) in [5.41, 5.74) is 5.23. The zero-order valence-electron chi connectivity index (χ0n) is 17.1. The summed E-state index contributed by atoms with van der Waals surface area (Å²) >= 11 is 0. The van der Waals surface area contributed by atoms with E-state index in [-0.39, 0.29) is 23.7 Å². The minimum Gasteiger partial charge on any atom is -0.350 e. The quantitative estimate of drug-likeness (QED) is 0.824. The van der Waals surface area contributed by atoms with Crippen LogP contribution in [0.4, 0.5) is 0 Å². The van der Waals surface area contributed by atoms with Crippen LogP contribution in [-0.2, 0) is 15.1 Å². The molecule has 1 aliphatic heterocycles. The third kappa shape index (κ3) is 4.14. The van der Waals surface area contributed by atoms with Crippen LogP contribution in [0.2, 0.25) is 0 Å². The smallest absolute Gasteiger partial charge is 0.275 e. The zero-order chi connectivity index (χ0) is 19.8. The van der Waals surface area contributed by atoms with Crippen molar-refractivity contribution in [2.24, 2.45) is 0 Å². The summed E-state index contributed by atoms with van der Waals surface area (Å²) in [4.78, 5) is 23.2. The number of hydroxylamine groups is 1. The molecule has 1 unspecified atom stereocenters. The number of nitrogens with zero attached hydrogens (tertiary/aromatic N) is 3. The van der Waals surface area contributed by atoms with Crippen molar-refractivity contribution in [2.45, 2.75) is 78.6 Å². The highest BCUT2D eigenvalue weighted by molar-refractivity contribution is 6.06. The second kappa shape index (κ2) is 7.56. The van der Waals surface area contributed by atoms with Gasteiger partial charge >= 0.3 is 0 Å². The normalized spacial score (nSPS) is 18.3. The number of hydrogen-bond acceptors (Lipinski definition) is 5. The van der Waals surface area contributed by atoms with Crippen LogP contribution in [-0.4, -0.2) is 33.6 Å². The highest BCUT2D eigenvalue weighted by Crippen LogP contribution is 2.29. The molecule has 0 radical (unpaired) electrons. The second-order valence-electron chi connectivity index (χ2n) is 8.46. The molecule has 2 aromatic rings. The lowest BCUT2D eigenvalue weighted by atomic mass is 10.0. The summed E-state index contributed by atoms with van der Waals surface area (Å²) in [6.07, 6.45) is 2.46. The van der Waals surface area contributed by atoms with Gasteiger partial charge in [0, 0.05) is 18.7 Å². The van der Waals surface area contributed by atoms with Crippen LogP contribution < -0.4 is 5.48 Å². The van der Waals surface area contributed by atoms with Crippen LogP contribution in [0.25, 0.3) is 11.0 Å². The summed E-state index contributed by atoms with van der Waals surface area (Å²) in [7, 11) is 0. The third-order valence-electron chi connectivity index (χ3n) is 4.73. The number of aryl methyl sites for hydroxylation is 1. The fourth-order valence-corrected chi connectivity index (χ4v) is 3.23. The highest BCUT2D eigenvalue weighted by Gasteiger charge is 2.26. The fraction of sp³-hybridized carbons (Fsp3) is 0.650. The van der Waals surface area contributed by atoms with Gasteiger partial charge in [-0.2, -0.15) is 5.10 Å². The molecule has 3 heterocycles. The number of carbonyl (C=O) groups is 1. The molecular weight excluding hydrogens is 344 g/mol. The van der Waals surface area contributed by atoms with Crippen LogP contribution in [0.1, 0.15) is 81.5 Å². The van der Waals surface area contributed by atoms with Crippen molar-refractivity contribution in [1.82, 2.24) is 20.2 Å². The maximum absolute atomic E-state index is 12.9. The van der Waals surface area contributed by atoms with Gasteiger partial charge < -0.3 is 4.74 Å². The van der Waals surface area contributed by atoms with Crippen LogP contribution in [0.5, 0.6) is 0 Å². The van der Waals surface area contributed by atoms with E-state index in [9.17, 15) is 4.79 Å². The SMILES string of the molecule is Cc1nn(C(C)(C)C)c2nc(C(C)C)cc(C(=O)NOC3CCCCO3)c12. The first-order valence-corrected chi connectivity index (χ1v) is 9.67. The minimum atomic E-state index is -0.386. The van der Waals surface area contributed by atoms with E-state index >= 15 is 0 Å². The monoisotopic (exact) mass is 374 g/mol. The van der Waals surface area contributed by atoms with Crippen molar-refractivity contribution in [3.8, 4) is 0 Å². The highest BCUT2D eigenvalue weighted by atomic mass is 16.8. The Kier molecular flexibility index (Phi) is 5.53. The summed E-state index contributed by atoms with van der Waals surface area (Å²) in [5, 5.41) is 5.43. The van der Waals surface area contributed by atoms with Gasteiger partial charge in [-0.1, -0.05) is 13.8 Å². The number of carbonyl (C=O) groups excluding carboxylic acids is 1. The molecule has 3 rings (SSSR count). The van der Waals surface area contributed by atoms with Crippen LogP contribution >= 0.6 is 0 Å². The molecule has 1 amide bonds. The van der Waals surface area contributed by atoms with Gasteiger partial charge in [0.05, 0.1) is 22.2 Å². The minimum absolute atomic E-state index is 0.187. The number of hydrogen-bond donors (Lipinski definition) is 1. The number of pyridine rings is 1. The summed E-state index contributed by atoms with van der Waals surface area (Å²) in [5.74, 6) is -0.109. The fourth-order valence-electron chi connectivity index (χ4n) is 3.23. The second-order valence-corrected chi connectivity index (χ2v) is 8.46. The standard InChI is InChI=1S/C20H30N4O3/c1-12(2)15-11-14(19(25)23-27-16-9-7-8-10-26-16)17-13(3)22-24(18(17)21-15)20(4,5)6/h11-12,16H,7-10H2,1-6H3,(H,23,25). The average Bonchev–Trinajstić information content (AvgIpc) is 2.97. The molecule has 27 heavy (non-hydrogen) atoms. The van der Waals surface area contributed by atoms with E-state index in [4.69, 9.17) is 14.6 Å². The van der Waals surface area contributed by atoms with Gasteiger partial charge in [-0.15, -0.1) is 0 Å². The van der Waals surface area contributed by atoms with E-state index in [1.165, 1.54) is 0 Å². The molecule has 0 aliphatic carbocycles. The summed E-state index contributed by atoms with van der Waals surface area (Å²) < 4.78 is 7.41. The first-order chi connectivity index (χ1) is 12.7. The van der Waals surface area contributed by atoms with Gasteiger partial charge in [0.1, 0.15) is 0 Å². The molecule has 0 saturated carbocycles. The molecule has 1 saturated heterocycles. The first kappa shape index (κ1) is 19.8. The number of rotatable bonds is 4. The van der Waals surface area contributed by atoms with E-state index in [1.54, 1.807) is 0 Å². The average molecular weight is 374 g/mol. The van der Waals surface area contributed by atoms with E-state index < -0.39 is 0 Å². The number of aromatic nitrogens is 3. The van der Waals surface area contributed by atoms with E-state index in [0.29, 0.717) is 12.2 Å². The Balaban J connectivity index is 2.00. The molecule has 0 aromatic carbocycles. The molecule has 1 fully saturated rings. The lowest BCUT2D eigenvalue weighted by Crippen LogP contribution is -2.33. The van der Waals surface area contributed by atoms with Crippen LogP contribution in [0.15, 0.2) is 6.07 Å². The lowest BCUT2D eigenvalue weighted by molar-refractivity contribution is -0.186. The van der Waals surface area contributed by atoms with E-state index in [1.807, 2.05) is 17.7 Å². The molecule has 7 nitrogen and oxygen atoms in total. The lowest BCUT2D eigenvalue weighted by Gasteiger charge is -2.22. The Morgan fingerprint density at radius 1 is 1.37 bits per heavy atom. The van der Waals surface area contributed by atoms with Gasteiger partial charge in [0.25, 0.3) is 5.91 Å². The predicted octanol–water partition coefficient (Wildman–Crippen LogP) is 3.81. The van der Waals surface area contributed by atoms with Crippen LogP contribution in [0.3, 0.4) is 0 Å². The number of nitrogens with one attached hydrogen (secondary N) is 1. The molecule has 2 aromatic heterocycles. The van der Waals surface area contributed by atoms with Crippen molar-refractivity contribution in [1.29, 1.82) is 0 Å². The Morgan fingerprint density at radius 2 is 2.11 bits per heavy atom. The Bertz CT molecular complexity index is 830. The molecule has 0 spiro atoms. The largest absolute Gasteiger partial charge is 0.350 e. The Morgan fingerprint density at radius 3 is 2.70 bits per heavy atom. The molecule has 7 heteroatoms. The van der Waals surface area contributed by atoms with Gasteiger partial charge in [0.15, 0.2) is 11.9 Å². The van der Waals surface area contributed by atoms with Crippen molar-refractivity contribution >= 4 is 16.9 Å². The maximum Gasteiger partial charge on any atom is 0.275 e. The Labute approximate surface area is 160 Å². The topological polar surface area (TPSA) is 78.3 Å². The number of ether oxygens (including phenoxy) is 1. The maximum atomic E-state index is 12.9. The van der Waals surface area contributed by atoms with Crippen LogP contribution in [0, 0.1) is 6.92 Å². The first-order valence-electron chi connectivity index (χ1n) is 9.67. The van der Waals surface area contributed by atoms with Crippen molar-refractivity contribution in [2.75, 3.05) is 6.61 Å². The van der Waals surface area contributed by atoms with E-state index in [2.05, 4.69) is 45.2 Å². The van der Waals surface area contributed by atoms with Gasteiger partial charge in [0.2, 0.25) is 0 Å². The predicted molar refractivity (Wildman–Crippen MR) is 103 cm³/mol. The van der Waals surface area contributed by atoms with Gasteiger partial charge in [-0.25, -0.2) is 20.0 Å². The molecule has 0 bridgehead atoms. The summed E-state index contributed by atoms with van der Waals surface area (Å²) in [6.45, 7) is 12.9. The van der Waals surface area contributed by atoms with Gasteiger partial charge in [-0.3, -0.25) is 4.79 Å². The molecule has 1 atom stereocenters. The molecule has 1 aliphatic rings. The van der Waals surface area contributed by atoms with E-state index in [0.717, 1.165) is 41.7 Å². The van der Waals surface area contributed by atoms with Crippen molar-refractivity contribution < 1.29 is 14.4 Å². The van der Waals surface area contributed by atoms with Crippen molar-refractivity contribution in [3.05, 3.63) is 23.0 Å². The summed E-state index contributed by atoms with van der Waals surface area (Å²) in [6, 6.07) is 1.84. The number of fused-ring (bicyclic) bond motifs is 1. The van der Waals surface area contributed by atoms with Crippen molar-refractivity contribution in [3.63, 3.8) is 0 Å². The molecule has 148 valence electrons. The Hall–Kier alpha value is -1.99. The van der Waals surface area contributed by atoms with Gasteiger partial charge in [-0.05, 0) is 52.5 Å².